The minimum Gasteiger partial charge on any atom is -0.395 e. The first-order valence-corrected chi connectivity index (χ1v) is 7.07. The molecule has 0 bridgehead atoms. The van der Waals surface area contributed by atoms with Crippen LogP contribution in [0.4, 0.5) is 13.2 Å². The highest BCUT2D eigenvalue weighted by molar-refractivity contribution is 5.78. The van der Waals surface area contributed by atoms with E-state index in [4.69, 9.17) is 5.11 Å². The summed E-state index contributed by atoms with van der Waals surface area (Å²) in [6.45, 7) is 0.0589. The molecule has 0 spiro atoms. The van der Waals surface area contributed by atoms with Crippen molar-refractivity contribution in [1.82, 2.24) is 4.90 Å². The lowest BCUT2D eigenvalue weighted by atomic mass is 10.1. The zero-order valence-corrected chi connectivity index (χ0v) is 12.3. The monoisotopic (exact) mass is 323 g/mol. The summed E-state index contributed by atoms with van der Waals surface area (Å²) in [6.07, 6.45) is -0.407. The SMILES string of the molecule is O=C(Cc1cc(F)c(F)cc1F)N(CCO)Cc1ccccc1. The van der Waals surface area contributed by atoms with Crippen molar-refractivity contribution in [2.24, 2.45) is 0 Å². The molecule has 0 atom stereocenters. The van der Waals surface area contributed by atoms with Gasteiger partial charge in [-0.05, 0) is 11.6 Å². The summed E-state index contributed by atoms with van der Waals surface area (Å²) in [5.41, 5.74) is 0.630. The van der Waals surface area contributed by atoms with E-state index in [2.05, 4.69) is 0 Å². The topological polar surface area (TPSA) is 40.5 Å². The van der Waals surface area contributed by atoms with Gasteiger partial charge >= 0.3 is 0 Å². The number of hydrogen-bond donors (Lipinski definition) is 1. The van der Waals surface area contributed by atoms with Gasteiger partial charge in [0, 0.05) is 24.7 Å². The molecular weight excluding hydrogens is 307 g/mol. The first kappa shape index (κ1) is 17.0. The summed E-state index contributed by atoms with van der Waals surface area (Å²) >= 11 is 0. The highest BCUT2D eigenvalue weighted by Crippen LogP contribution is 2.16. The van der Waals surface area contributed by atoms with E-state index in [0.717, 1.165) is 5.56 Å². The van der Waals surface area contributed by atoms with Crippen molar-refractivity contribution >= 4 is 5.91 Å². The standard InChI is InChI=1S/C17H16F3NO2/c18-14-10-16(20)15(19)8-13(14)9-17(23)21(6-7-22)11-12-4-2-1-3-5-12/h1-5,8,10,22H,6-7,9,11H2. The Kier molecular flexibility index (Phi) is 5.76. The van der Waals surface area contributed by atoms with Crippen LogP contribution in [0.2, 0.25) is 0 Å². The number of carbonyl (C=O) groups is 1. The minimum atomic E-state index is -1.30. The Labute approximate surface area is 132 Å². The third-order valence-corrected chi connectivity index (χ3v) is 3.37. The molecule has 2 aromatic rings. The van der Waals surface area contributed by atoms with E-state index in [-0.39, 0.29) is 25.3 Å². The van der Waals surface area contributed by atoms with Crippen molar-refractivity contribution < 1.29 is 23.1 Å². The molecule has 2 rings (SSSR count). The Morgan fingerprint density at radius 1 is 1.00 bits per heavy atom. The molecule has 0 heterocycles. The van der Waals surface area contributed by atoms with Gasteiger partial charge in [0.25, 0.3) is 0 Å². The van der Waals surface area contributed by atoms with Crippen molar-refractivity contribution in [2.45, 2.75) is 13.0 Å². The zero-order valence-electron chi connectivity index (χ0n) is 12.3. The number of rotatable bonds is 6. The minimum absolute atomic E-state index is 0.0685. The average molecular weight is 323 g/mol. The first-order chi connectivity index (χ1) is 11.0. The molecule has 0 fully saturated rings. The first-order valence-electron chi connectivity index (χ1n) is 7.07. The van der Waals surface area contributed by atoms with E-state index in [1.165, 1.54) is 4.90 Å². The van der Waals surface area contributed by atoms with Gasteiger partial charge in [-0.25, -0.2) is 13.2 Å². The molecule has 0 saturated heterocycles. The Bertz CT molecular complexity index is 677. The second-order valence-corrected chi connectivity index (χ2v) is 5.06. The predicted molar refractivity (Wildman–Crippen MR) is 79.0 cm³/mol. The molecule has 0 aliphatic carbocycles. The van der Waals surface area contributed by atoms with Gasteiger partial charge in [0.15, 0.2) is 11.6 Å². The largest absolute Gasteiger partial charge is 0.395 e. The summed E-state index contributed by atoms with van der Waals surface area (Å²) in [7, 11) is 0. The van der Waals surface area contributed by atoms with Gasteiger partial charge in [0.1, 0.15) is 5.82 Å². The summed E-state index contributed by atoms with van der Waals surface area (Å²) in [5, 5.41) is 9.09. The third-order valence-electron chi connectivity index (χ3n) is 3.37. The highest BCUT2D eigenvalue weighted by Gasteiger charge is 2.18. The average Bonchev–Trinajstić information content (AvgIpc) is 2.53. The molecule has 0 radical (unpaired) electrons. The molecule has 3 nitrogen and oxygen atoms in total. The Morgan fingerprint density at radius 2 is 1.65 bits per heavy atom. The molecule has 1 amide bonds. The lowest BCUT2D eigenvalue weighted by molar-refractivity contribution is -0.131. The van der Waals surface area contributed by atoms with Crippen molar-refractivity contribution in [3.05, 3.63) is 71.0 Å². The maximum Gasteiger partial charge on any atom is 0.227 e. The molecule has 2 aromatic carbocycles. The summed E-state index contributed by atoms with van der Waals surface area (Å²) in [6, 6.07) is 10.2. The zero-order chi connectivity index (χ0) is 16.8. The second-order valence-electron chi connectivity index (χ2n) is 5.06. The lowest BCUT2D eigenvalue weighted by Gasteiger charge is -2.22. The smallest absolute Gasteiger partial charge is 0.227 e. The van der Waals surface area contributed by atoms with E-state index in [9.17, 15) is 18.0 Å². The van der Waals surface area contributed by atoms with Crippen LogP contribution in [-0.2, 0) is 17.8 Å². The maximum absolute atomic E-state index is 13.6. The predicted octanol–water partition coefficient (Wildman–Crippen LogP) is 2.67. The number of hydrogen-bond acceptors (Lipinski definition) is 2. The molecule has 0 saturated carbocycles. The highest BCUT2D eigenvalue weighted by atomic mass is 19.2. The number of nitrogens with zero attached hydrogens (tertiary/aromatic N) is 1. The van der Waals surface area contributed by atoms with Gasteiger partial charge in [0.2, 0.25) is 5.91 Å². The normalized spacial score (nSPS) is 10.6. The number of amides is 1. The summed E-state index contributed by atoms with van der Waals surface area (Å²) < 4.78 is 39.8. The van der Waals surface area contributed by atoms with Gasteiger partial charge in [0.05, 0.1) is 13.0 Å². The van der Waals surface area contributed by atoms with E-state index in [1.54, 1.807) is 0 Å². The Morgan fingerprint density at radius 3 is 2.30 bits per heavy atom. The molecule has 0 aromatic heterocycles. The van der Waals surface area contributed by atoms with Crippen LogP contribution in [0.5, 0.6) is 0 Å². The van der Waals surface area contributed by atoms with Gasteiger partial charge in [-0.3, -0.25) is 4.79 Å². The van der Waals surface area contributed by atoms with Gasteiger partial charge in [-0.2, -0.15) is 0 Å². The van der Waals surface area contributed by atoms with Crippen LogP contribution in [0, 0.1) is 17.5 Å². The van der Waals surface area contributed by atoms with Crippen molar-refractivity contribution in [2.75, 3.05) is 13.2 Å². The maximum atomic E-state index is 13.6. The van der Waals surface area contributed by atoms with Crippen molar-refractivity contribution in [3.8, 4) is 0 Å². The Balaban J connectivity index is 2.13. The van der Waals surface area contributed by atoms with Crippen molar-refractivity contribution in [3.63, 3.8) is 0 Å². The van der Waals surface area contributed by atoms with E-state index in [0.29, 0.717) is 12.1 Å². The van der Waals surface area contributed by atoms with Crippen LogP contribution in [0.25, 0.3) is 0 Å². The molecular formula is C17H16F3NO2. The number of halogens is 3. The third kappa shape index (κ3) is 4.56. The second kappa shape index (κ2) is 7.78. The van der Waals surface area contributed by atoms with Crippen LogP contribution in [0.15, 0.2) is 42.5 Å². The van der Waals surface area contributed by atoms with Crippen molar-refractivity contribution in [1.29, 1.82) is 0 Å². The number of aliphatic hydroxyl groups is 1. The van der Waals surface area contributed by atoms with Gasteiger partial charge < -0.3 is 10.0 Å². The van der Waals surface area contributed by atoms with Crippen LogP contribution < -0.4 is 0 Å². The molecule has 0 aliphatic rings. The molecule has 0 aliphatic heterocycles. The van der Waals surface area contributed by atoms with E-state index < -0.39 is 29.8 Å². The molecule has 122 valence electrons. The van der Waals surface area contributed by atoms with Gasteiger partial charge in [-0.1, -0.05) is 30.3 Å². The fraction of sp³-hybridized carbons (Fsp3) is 0.235. The molecule has 0 unspecified atom stereocenters. The Hall–Kier alpha value is -2.34. The fourth-order valence-corrected chi connectivity index (χ4v) is 2.19. The fourth-order valence-electron chi connectivity index (χ4n) is 2.19. The summed E-state index contributed by atoms with van der Waals surface area (Å²) in [4.78, 5) is 13.6. The van der Waals surface area contributed by atoms with Crippen LogP contribution in [0.1, 0.15) is 11.1 Å². The molecule has 23 heavy (non-hydrogen) atoms. The number of benzene rings is 2. The molecule has 1 N–H and O–H groups in total. The molecule has 6 heteroatoms. The van der Waals surface area contributed by atoms with E-state index >= 15 is 0 Å². The van der Waals surface area contributed by atoms with Gasteiger partial charge in [-0.15, -0.1) is 0 Å². The van der Waals surface area contributed by atoms with Crippen LogP contribution in [-0.4, -0.2) is 29.1 Å². The summed E-state index contributed by atoms with van der Waals surface area (Å²) in [5.74, 6) is -3.95. The van der Waals surface area contributed by atoms with Crippen LogP contribution >= 0.6 is 0 Å². The van der Waals surface area contributed by atoms with E-state index in [1.807, 2.05) is 30.3 Å². The number of carbonyl (C=O) groups excluding carboxylic acids is 1. The van der Waals surface area contributed by atoms with Crippen LogP contribution in [0.3, 0.4) is 0 Å². The lowest BCUT2D eigenvalue weighted by Crippen LogP contribution is -2.34. The quantitative estimate of drug-likeness (QED) is 0.830. The number of aliphatic hydroxyl groups excluding tert-OH is 1.